The minimum absolute atomic E-state index is 0.0403. The molecule has 0 radical (unpaired) electrons. The highest BCUT2D eigenvalue weighted by atomic mass is 16.5. The summed E-state index contributed by atoms with van der Waals surface area (Å²) >= 11 is 0. The van der Waals surface area contributed by atoms with Gasteiger partial charge in [-0.3, -0.25) is 9.59 Å². The minimum Gasteiger partial charge on any atom is -0.494 e. The molecule has 4 rings (SSSR count). The average Bonchev–Trinajstić information content (AvgIpc) is 2.92. The second-order valence-corrected chi connectivity index (χ2v) is 7.53. The highest BCUT2D eigenvalue weighted by Crippen LogP contribution is 2.46. The van der Waals surface area contributed by atoms with Crippen LogP contribution in [0.5, 0.6) is 0 Å². The lowest BCUT2D eigenvalue weighted by Gasteiger charge is -2.41. The third-order valence-electron chi connectivity index (χ3n) is 6.32. The van der Waals surface area contributed by atoms with Gasteiger partial charge >= 0.3 is 0 Å². The normalized spacial score (nSPS) is 31.9. The molecule has 0 bridgehead atoms. The van der Waals surface area contributed by atoms with E-state index in [0.717, 1.165) is 32.0 Å². The minimum atomic E-state index is -0.284. The molecule has 0 N–H and O–H groups in total. The highest BCUT2D eigenvalue weighted by Gasteiger charge is 2.56. The zero-order valence-electron chi connectivity index (χ0n) is 15.7. The molecule has 140 valence electrons. The van der Waals surface area contributed by atoms with Gasteiger partial charge in [0, 0.05) is 17.3 Å². The molecule has 2 saturated heterocycles. The molecule has 0 aromatic heterocycles. The molecule has 6 nitrogen and oxygen atoms in total. The van der Waals surface area contributed by atoms with Crippen molar-refractivity contribution in [3.63, 3.8) is 0 Å². The van der Waals surface area contributed by atoms with Crippen molar-refractivity contribution in [2.75, 3.05) is 13.7 Å². The van der Waals surface area contributed by atoms with Gasteiger partial charge in [0.05, 0.1) is 25.3 Å². The number of carbonyl (C=O) groups is 2. The Kier molecular flexibility index (Phi) is 4.18. The topological polar surface area (TPSA) is 59.1 Å². The van der Waals surface area contributed by atoms with Crippen LogP contribution in [0.4, 0.5) is 0 Å². The van der Waals surface area contributed by atoms with Gasteiger partial charge in [-0.25, -0.2) is 0 Å². The number of allylic oxidation sites excluding steroid dienone is 2. The number of carbonyl (C=O) groups excluding carboxylic acids is 2. The number of hydrogen-bond acceptors (Lipinski definition) is 5. The number of fused-ring (bicyclic) bond motifs is 2. The van der Waals surface area contributed by atoms with Crippen molar-refractivity contribution < 1.29 is 19.1 Å². The molecule has 6 heteroatoms. The lowest BCUT2D eigenvalue weighted by molar-refractivity contribution is -0.142. The first-order valence-corrected chi connectivity index (χ1v) is 9.45. The molecule has 0 aromatic rings. The predicted molar refractivity (Wildman–Crippen MR) is 95.6 cm³/mol. The van der Waals surface area contributed by atoms with E-state index in [1.165, 1.54) is 6.42 Å². The van der Waals surface area contributed by atoms with Crippen LogP contribution >= 0.6 is 0 Å². The smallest absolute Gasteiger partial charge is 0.276 e. The molecule has 1 aliphatic carbocycles. The van der Waals surface area contributed by atoms with Gasteiger partial charge in [0.2, 0.25) is 0 Å². The lowest BCUT2D eigenvalue weighted by Crippen LogP contribution is -2.55. The Bertz CT molecular complexity index is 730. The standard InChI is InChI=1S/C20H26N2O4/c1-4-15-14(12-23)10-21-11-16-22(19(24)17(21)18(15)25-3)13(2)20(26-16)8-6-5-7-9-20/h4,10,12-13,16H,5-9,11H2,1-3H3/b15-4-/t13-,16+/m1/s1. The van der Waals surface area contributed by atoms with Crippen molar-refractivity contribution in [1.29, 1.82) is 0 Å². The summed E-state index contributed by atoms with van der Waals surface area (Å²) in [6.07, 6.45) is 9.61. The fraction of sp³-hybridized carbons (Fsp3) is 0.600. The Labute approximate surface area is 154 Å². The van der Waals surface area contributed by atoms with Crippen molar-refractivity contribution in [3.05, 3.63) is 34.9 Å². The Balaban J connectivity index is 1.76. The van der Waals surface area contributed by atoms with Gasteiger partial charge < -0.3 is 19.3 Å². The maximum atomic E-state index is 13.4. The van der Waals surface area contributed by atoms with Crippen LogP contribution in [-0.4, -0.2) is 53.5 Å². The van der Waals surface area contributed by atoms with Crippen LogP contribution in [0, 0.1) is 0 Å². The van der Waals surface area contributed by atoms with Gasteiger partial charge in [-0.2, -0.15) is 0 Å². The fourth-order valence-electron chi connectivity index (χ4n) is 4.99. The lowest BCUT2D eigenvalue weighted by atomic mass is 9.80. The number of hydrogen-bond donors (Lipinski definition) is 0. The van der Waals surface area contributed by atoms with Crippen LogP contribution in [0.25, 0.3) is 0 Å². The molecule has 3 heterocycles. The predicted octanol–water partition coefficient (Wildman–Crippen LogP) is 2.48. The summed E-state index contributed by atoms with van der Waals surface area (Å²) in [5, 5.41) is 0. The largest absolute Gasteiger partial charge is 0.494 e. The molecule has 1 saturated carbocycles. The molecular weight excluding hydrogens is 332 g/mol. The molecule has 1 amide bonds. The number of piperazine rings is 1. The second-order valence-electron chi connectivity index (χ2n) is 7.53. The summed E-state index contributed by atoms with van der Waals surface area (Å²) in [5.74, 6) is 0.394. The molecule has 3 fully saturated rings. The highest BCUT2D eigenvalue weighted by molar-refractivity contribution is 5.98. The number of nitrogens with zero attached hydrogens (tertiary/aromatic N) is 2. The number of rotatable bonds is 2. The van der Waals surface area contributed by atoms with Crippen LogP contribution in [0.2, 0.25) is 0 Å². The number of amides is 1. The Morgan fingerprint density at radius 1 is 1.31 bits per heavy atom. The zero-order valence-corrected chi connectivity index (χ0v) is 15.7. The van der Waals surface area contributed by atoms with Crippen molar-refractivity contribution in [2.24, 2.45) is 0 Å². The zero-order chi connectivity index (χ0) is 18.5. The summed E-state index contributed by atoms with van der Waals surface area (Å²) in [6.45, 7) is 4.48. The van der Waals surface area contributed by atoms with Crippen molar-refractivity contribution in [1.82, 2.24) is 9.80 Å². The maximum absolute atomic E-state index is 13.4. The van der Waals surface area contributed by atoms with Crippen molar-refractivity contribution >= 4 is 12.2 Å². The first-order chi connectivity index (χ1) is 12.6. The summed E-state index contributed by atoms with van der Waals surface area (Å²) in [7, 11) is 1.55. The van der Waals surface area contributed by atoms with Crippen molar-refractivity contribution in [2.45, 2.75) is 63.8 Å². The van der Waals surface area contributed by atoms with E-state index in [4.69, 9.17) is 9.47 Å². The molecule has 2 atom stereocenters. The van der Waals surface area contributed by atoms with Gasteiger partial charge in [0.15, 0.2) is 24.0 Å². The van der Waals surface area contributed by atoms with E-state index in [1.54, 1.807) is 13.3 Å². The summed E-state index contributed by atoms with van der Waals surface area (Å²) < 4.78 is 12.1. The third-order valence-corrected chi connectivity index (χ3v) is 6.32. The fourth-order valence-corrected chi connectivity index (χ4v) is 4.99. The molecular formula is C20H26N2O4. The first kappa shape index (κ1) is 17.3. The van der Waals surface area contributed by atoms with Crippen molar-refractivity contribution in [3.8, 4) is 0 Å². The van der Waals surface area contributed by atoms with Crippen LogP contribution in [0.1, 0.15) is 46.0 Å². The van der Waals surface area contributed by atoms with E-state index in [1.807, 2.05) is 22.8 Å². The molecule has 26 heavy (non-hydrogen) atoms. The molecule has 0 aromatic carbocycles. The molecule has 4 aliphatic rings. The Morgan fingerprint density at radius 2 is 2.04 bits per heavy atom. The third kappa shape index (κ3) is 2.28. The van der Waals surface area contributed by atoms with E-state index < -0.39 is 0 Å². The second kappa shape index (κ2) is 6.27. The number of methoxy groups -OCH3 is 1. The van der Waals surface area contributed by atoms with Crippen LogP contribution in [0.15, 0.2) is 34.9 Å². The molecule has 3 aliphatic heterocycles. The van der Waals surface area contributed by atoms with E-state index in [9.17, 15) is 9.59 Å². The van der Waals surface area contributed by atoms with Crippen LogP contribution in [0.3, 0.4) is 0 Å². The summed E-state index contributed by atoms with van der Waals surface area (Å²) in [5.41, 5.74) is 1.46. The van der Waals surface area contributed by atoms with E-state index in [2.05, 4.69) is 6.92 Å². The summed E-state index contributed by atoms with van der Waals surface area (Å²) in [6, 6.07) is 0.0403. The van der Waals surface area contributed by atoms with Gasteiger partial charge in [0.25, 0.3) is 5.91 Å². The quantitative estimate of drug-likeness (QED) is 0.710. The van der Waals surface area contributed by atoms with Crippen LogP contribution in [-0.2, 0) is 19.1 Å². The first-order valence-electron chi connectivity index (χ1n) is 9.45. The van der Waals surface area contributed by atoms with Gasteiger partial charge in [-0.05, 0) is 26.7 Å². The van der Waals surface area contributed by atoms with Crippen LogP contribution < -0.4 is 0 Å². The monoisotopic (exact) mass is 358 g/mol. The number of ether oxygens (including phenoxy) is 2. The number of aldehydes is 1. The average molecular weight is 358 g/mol. The van der Waals surface area contributed by atoms with E-state index in [-0.39, 0.29) is 23.8 Å². The SMILES string of the molecule is C/C=C1/C(C=O)=CN2C[C@@H]3OC4(CCCCC4)[C@@H](C)N3C(=O)C2=C1OC. The van der Waals surface area contributed by atoms with Gasteiger partial charge in [0.1, 0.15) is 0 Å². The molecule has 1 spiro atoms. The summed E-state index contributed by atoms with van der Waals surface area (Å²) in [4.78, 5) is 28.7. The van der Waals surface area contributed by atoms with Gasteiger partial charge in [-0.1, -0.05) is 25.3 Å². The Morgan fingerprint density at radius 3 is 2.65 bits per heavy atom. The molecule has 0 unspecified atom stereocenters. The maximum Gasteiger partial charge on any atom is 0.276 e. The van der Waals surface area contributed by atoms with E-state index >= 15 is 0 Å². The van der Waals surface area contributed by atoms with Gasteiger partial charge in [-0.15, -0.1) is 0 Å². The Hall–Kier alpha value is -2.08. The van der Waals surface area contributed by atoms with E-state index in [0.29, 0.717) is 29.1 Å².